The van der Waals surface area contributed by atoms with Gasteiger partial charge in [0.15, 0.2) is 0 Å². The molecule has 3 rings (SSSR count). The summed E-state index contributed by atoms with van der Waals surface area (Å²) in [7, 11) is 0. The fraction of sp³-hybridized carbons (Fsp3) is 0.360. The van der Waals surface area contributed by atoms with Gasteiger partial charge in [0.25, 0.3) is 11.8 Å². The lowest BCUT2D eigenvalue weighted by molar-refractivity contribution is -0.138. The first-order valence-electron chi connectivity index (χ1n) is 11.0. The standard InChI is InChI=1S/C25H29N3O6/c1-5-15-12(2)19(27-25(15)34)10-18-13(3)16(6-8-22(29)30)20(26-18)11-21-17(7-9-23(31)32)14(4)24(33)28-21/h5,10-11,18,20,26H,1,6-9H2,2-4H3,(H,27,34)(H,28,33)(H,29,30)(H,31,32)/b19-10-,21-11-. The molecule has 0 bridgehead atoms. The molecule has 0 aromatic heterocycles. The van der Waals surface area contributed by atoms with Gasteiger partial charge in [-0.2, -0.15) is 0 Å². The summed E-state index contributed by atoms with van der Waals surface area (Å²) in [4.78, 5) is 46.7. The van der Waals surface area contributed by atoms with E-state index in [0.717, 1.165) is 16.7 Å². The number of carboxylic acids is 2. The summed E-state index contributed by atoms with van der Waals surface area (Å²) >= 11 is 0. The second-order valence-corrected chi connectivity index (χ2v) is 8.53. The molecule has 3 aliphatic rings. The second kappa shape index (κ2) is 10.0. The number of amides is 2. The van der Waals surface area contributed by atoms with E-state index in [-0.39, 0.29) is 43.2 Å². The summed E-state index contributed by atoms with van der Waals surface area (Å²) in [5, 5.41) is 27.4. The molecule has 180 valence electrons. The predicted molar refractivity (Wildman–Crippen MR) is 125 cm³/mol. The minimum Gasteiger partial charge on any atom is -0.481 e. The van der Waals surface area contributed by atoms with E-state index in [4.69, 9.17) is 5.11 Å². The Balaban J connectivity index is 1.95. The first kappa shape index (κ1) is 24.9. The van der Waals surface area contributed by atoms with Gasteiger partial charge >= 0.3 is 11.9 Å². The molecule has 34 heavy (non-hydrogen) atoms. The monoisotopic (exact) mass is 467 g/mol. The van der Waals surface area contributed by atoms with Gasteiger partial charge in [-0.1, -0.05) is 18.2 Å². The van der Waals surface area contributed by atoms with Crippen molar-refractivity contribution in [3.05, 3.63) is 69.6 Å². The zero-order valence-corrected chi connectivity index (χ0v) is 19.4. The zero-order valence-electron chi connectivity index (χ0n) is 19.4. The number of allylic oxidation sites excluding steroid dienone is 2. The molecule has 3 heterocycles. The van der Waals surface area contributed by atoms with Crippen LogP contribution in [0.4, 0.5) is 0 Å². The van der Waals surface area contributed by atoms with Gasteiger partial charge < -0.3 is 20.8 Å². The normalized spacial score (nSPS) is 25.0. The fourth-order valence-electron chi connectivity index (χ4n) is 4.45. The Labute approximate surface area is 197 Å². The lowest BCUT2D eigenvalue weighted by atomic mass is 9.96. The first-order valence-corrected chi connectivity index (χ1v) is 11.0. The van der Waals surface area contributed by atoms with Gasteiger partial charge in [-0.3, -0.25) is 24.5 Å². The van der Waals surface area contributed by atoms with Gasteiger partial charge in [0.2, 0.25) is 0 Å². The molecule has 2 amide bonds. The Kier molecular flexibility index (Phi) is 7.36. The van der Waals surface area contributed by atoms with Gasteiger partial charge in [0, 0.05) is 47.5 Å². The highest BCUT2D eigenvalue weighted by molar-refractivity contribution is 6.02. The summed E-state index contributed by atoms with van der Waals surface area (Å²) < 4.78 is 0. The topological polar surface area (TPSA) is 145 Å². The quantitative estimate of drug-likeness (QED) is 0.327. The number of nitrogens with one attached hydrogen (secondary N) is 3. The number of aliphatic carboxylic acids is 2. The largest absolute Gasteiger partial charge is 0.481 e. The molecule has 2 unspecified atom stereocenters. The highest BCUT2D eigenvalue weighted by Gasteiger charge is 2.32. The Morgan fingerprint density at radius 3 is 2.06 bits per heavy atom. The predicted octanol–water partition coefficient (Wildman–Crippen LogP) is 2.22. The van der Waals surface area contributed by atoms with Crippen LogP contribution in [0.1, 0.15) is 46.5 Å². The van der Waals surface area contributed by atoms with Crippen molar-refractivity contribution in [1.29, 1.82) is 0 Å². The minimum atomic E-state index is -0.955. The minimum absolute atomic E-state index is 0.0549. The molecule has 0 saturated heterocycles. The van der Waals surface area contributed by atoms with Crippen LogP contribution in [0.15, 0.2) is 69.6 Å². The van der Waals surface area contributed by atoms with Crippen molar-refractivity contribution in [1.82, 2.24) is 16.0 Å². The van der Waals surface area contributed by atoms with Crippen LogP contribution in [-0.2, 0) is 19.2 Å². The fourth-order valence-corrected chi connectivity index (χ4v) is 4.45. The van der Waals surface area contributed by atoms with E-state index in [2.05, 4.69) is 22.5 Å². The van der Waals surface area contributed by atoms with Crippen LogP contribution < -0.4 is 16.0 Å². The molecule has 0 aromatic carbocycles. The van der Waals surface area contributed by atoms with Crippen molar-refractivity contribution in [2.24, 2.45) is 0 Å². The van der Waals surface area contributed by atoms with Crippen LogP contribution >= 0.6 is 0 Å². The number of hydrogen-bond acceptors (Lipinski definition) is 5. The molecule has 0 radical (unpaired) electrons. The average molecular weight is 468 g/mol. The zero-order chi connectivity index (χ0) is 25.2. The molecular weight excluding hydrogens is 438 g/mol. The van der Waals surface area contributed by atoms with Crippen molar-refractivity contribution in [2.75, 3.05) is 0 Å². The van der Waals surface area contributed by atoms with Crippen LogP contribution in [0.25, 0.3) is 0 Å². The van der Waals surface area contributed by atoms with Crippen LogP contribution in [-0.4, -0.2) is 46.0 Å². The maximum absolute atomic E-state index is 12.3. The summed E-state index contributed by atoms with van der Waals surface area (Å²) in [6.07, 6.45) is 5.57. The molecule has 0 aliphatic carbocycles. The van der Waals surface area contributed by atoms with E-state index in [9.17, 15) is 24.3 Å². The maximum atomic E-state index is 12.3. The summed E-state index contributed by atoms with van der Waals surface area (Å²) in [6, 6.07) is -0.646. The third-order valence-electron chi connectivity index (χ3n) is 6.44. The number of rotatable bonds is 9. The van der Waals surface area contributed by atoms with Crippen molar-refractivity contribution in [3.63, 3.8) is 0 Å². The molecule has 0 spiro atoms. The smallest absolute Gasteiger partial charge is 0.303 e. The van der Waals surface area contributed by atoms with Crippen LogP contribution in [0.2, 0.25) is 0 Å². The average Bonchev–Trinajstić information content (AvgIpc) is 3.30. The Morgan fingerprint density at radius 2 is 1.47 bits per heavy atom. The third kappa shape index (κ3) is 5.09. The van der Waals surface area contributed by atoms with Gasteiger partial charge in [-0.05, 0) is 62.5 Å². The van der Waals surface area contributed by atoms with Gasteiger partial charge in [-0.15, -0.1) is 0 Å². The number of carbonyl (C=O) groups excluding carboxylic acids is 2. The van der Waals surface area contributed by atoms with Crippen molar-refractivity contribution in [3.8, 4) is 0 Å². The van der Waals surface area contributed by atoms with Crippen molar-refractivity contribution >= 4 is 23.8 Å². The highest BCUT2D eigenvalue weighted by Crippen LogP contribution is 2.32. The van der Waals surface area contributed by atoms with Crippen LogP contribution in [0.3, 0.4) is 0 Å². The lowest BCUT2D eigenvalue weighted by Gasteiger charge is -2.15. The Hall–Kier alpha value is -3.72. The van der Waals surface area contributed by atoms with E-state index >= 15 is 0 Å². The molecule has 0 saturated carbocycles. The molecule has 5 N–H and O–H groups in total. The Bertz CT molecular complexity index is 1140. The third-order valence-corrected chi connectivity index (χ3v) is 6.44. The van der Waals surface area contributed by atoms with E-state index in [1.165, 1.54) is 6.08 Å². The first-order chi connectivity index (χ1) is 16.0. The number of hydrogen-bond donors (Lipinski definition) is 5. The molecule has 0 aromatic rings. The second-order valence-electron chi connectivity index (χ2n) is 8.53. The molecule has 0 fully saturated rings. The van der Waals surface area contributed by atoms with Gasteiger partial charge in [0.05, 0.1) is 0 Å². The molecule has 2 atom stereocenters. The van der Waals surface area contributed by atoms with Crippen LogP contribution in [0, 0.1) is 0 Å². The summed E-state index contributed by atoms with van der Waals surface area (Å²) in [5.41, 5.74) is 5.41. The molecule has 3 aliphatic heterocycles. The van der Waals surface area contributed by atoms with Crippen molar-refractivity contribution in [2.45, 2.75) is 58.5 Å². The Morgan fingerprint density at radius 1 is 0.882 bits per heavy atom. The molecular formula is C25H29N3O6. The van der Waals surface area contributed by atoms with Crippen LogP contribution in [0.5, 0.6) is 0 Å². The van der Waals surface area contributed by atoms with Gasteiger partial charge in [-0.25, -0.2) is 0 Å². The maximum Gasteiger partial charge on any atom is 0.303 e. The van der Waals surface area contributed by atoms with E-state index in [0.29, 0.717) is 34.5 Å². The number of carbonyl (C=O) groups is 4. The molecule has 9 nitrogen and oxygen atoms in total. The lowest BCUT2D eigenvalue weighted by Crippen LogP contribution is -2.32. The molecule has 9 heteroatoms. The highest BCUT2D eigenvalue weighted by atomic mass is 16.4. The summed E-state index contributed by atoms with van der Waals surface area (Å²) in [6.45, 7) is 9.08. The van der Waals surface area contributed by atoms with Crippen molar-refractivity contribution < 1.29 is 29.4 Å². The van der Waals surface area contributed by atoms with E-state index in [1.54, 1.807) is 6.92 Å². The van der Waals surface area contributed by atoms with E-state index < -0.39 is 11.9 Å². The number of carboxylic acid groups (broad SMARTS) is 2. The summed E-state index contributed by atoms with van der Waals surface area (Å²) in [5.74, 6) is -2.37. The SMILES string of the molecule is C=CC1=C(C)/C(=C/C2NC(/C=C3\NC(=O)C(C)=C3CCC(=O)O)C(CCC(=O)O)=C2C)NC1=O. The van der Waals surface area contributed by atoms with E-state index in [1.807, 2.05) is 26.0 Å². The van der Waals surface area contributed by atoms with Gasteiger partial charge in [0.1, 0.15) is 0 Å².